The molecular formula is C14H16N2O. The van der Waals surface area contributed by atoms with Crippen LogP contribution in [0.1, 0.15) is 17.0 Å². The molecule has 3 nitrogen and oxygen atoms in total. The van der Waals surface area contributed by atoms with Crippen molar-refractivity contribution in [3.8, 4) is 5.69 Å². The van der Waals surface area contributed by atoms with Crippen molar-refractivity contribution in [2.45, 2.75) is 20.3 Å². The lowest BCUT2D eigenvalue weighted by Gasteiger charge is -2.09. The van der Waals surface area contributed by atoms with E-state index in [9.17, 15) is 0 Å². The highest BCUT2D eigenvalue weighted by atomic mass is 16.4. The molecule has 0 aliphatic carbocycles. The maximum absolute atomic E-state index is 8.37. The van der Waals surface area contributed by atoms with Gasteiger partial charge in [0.25, 0.3) is 0 Å². The molecule has 1 N–H and O–H groups in total. The smallest absolute Gasteiger partial charge is 0.0479 e. The second kappa shape index (κ2) is 4.87. The van der Waals surface area contributed by atoms with Crippen molar-refractivity contribution >= 4 is 6.21 Å². The SMILES string of the molecule is Cc1ccc(C)n1-c1ccc(CC=NO)cc1. The normalized spacial score (nSPS) is 11.2. The fourth-order valence-electron chi connectivity index (χ4n) is 2.00. The van der Waals surface area contributed by atoms with Gasteiger partial charge in [-0.05, 0) is 43.7 Å². The standard InChI is InChI=1S/C14H16N2O/c1-11-3-4-12(2)16(11)14-7-5-13(6-8-14)9-10-15-17/h3-8,10,17H,9H2,1-2H3. The Morgan fingerprint density at radius 1 is 1.06 bits per heavy atom. The fourth-order valence-corrected chi connectivity index (χ4v) is 2.00. The van der Waals surface area contributed by atoms with Crippen LogP contribution in [-0.4, -0.2) is 16.0 Å². The predicted molar refractivity (Wildman–Crippen MR) is 69.2 cm³/mol. The van der Waals surface area contributed by atoms with Gasteiger partial charge in [-0.2, -0.15) is 0 Å². The molecule has 0 atom stereocenters. The van der Waals surface area contributed by atoms with Crippen molar-refractivity contribution in [1.82, 2.24) is 4.57 Å². The van der Waals surface area contributed by atoms with Gasteiger partial charge in [0.05, 0.1) is 0 Å². The topological polar surface area (TPSA) is 37.5 Å². The van der Waals surface area contributed by atoms with Crippen LogP contribution in [0, 0.1) is 13.8 Å². The molecule has 1 aromatic carbocycles. The van der Waals surface area contributed by atoms with Gasteiger partial charge in [0.1, 0.15) is 0 Å². The molecule has 3 heteroatoms. The number of hydrogen-bond acceptors (Lipinski definition) is 2. The Hall–Kier alpha value is -2.03. The van der Waals surface area contributed by atoms with Gasteiger partial charge < -0.3 is 9.77 Å². The zero-order chi connectivity index (χ0) is 12.3. The summed E-state index contributed by atoms with van der Waals surface area (Å²) in [5.74, 6) is 0. The minimum absolute atomic E-state index is 0.653. The quantitative estimate of drug-likeness (QED) is 0.489. The molecule has 0 fully saturated rings. The highest BCUT2D eigenvalue weighted by Crippen LogP contribution is 2.16. The number of aryl methyl sites for hydroxylation is 2. The van der Waals surface area contributed by atoms with Gasteiger partial charge in [-0.25, -0.2) is 0 Å². The molecule has 0 amide bonds. The van der Waals surface area contributed by atoms with Crippen LogP contribution in [0.4, 0.5) is 0 Å². The molecule has 0 saturated carbocycles. The number of hydrogen-bond donors (Lipinski definition) is 1. The lowest BCUT2D eigenvalue weighted by molar-refractivity contribution is 0.321. The van der Waals surface area contributed by atoms with Crippen molar-refractivity contribution in [2.75, 3.05) is 0 Å². The predicted octanol–water partition coefficient (Wildman–Crippen LogP) is 3.10. The summed E-state index contributed by atoms with van der Waals surface area (Å²) in [4.78, 5) is 0. The van der Waals surface area contributed by atoms with E-state index in [4.69, 9.17) is 5.21 Å². The largest absolute Gasteiger partial charge is 0.411 e. The zero-order valence-electron chi connectivity index (χ0n) is 10.1. The lowest BCUT2D eigenvalue weighted by Crippen LogP contribution is -1.98. The summed E-state index contributed by atoms with van der Waals surface area (Å²) < 4.78 is 2.21. The van der Waals surface area contributed by atoms with E-state index in [0.717, 1.165) is 11.3 Å². The molecule has 0 saturated heterocycles. The molecule has 0 aliphatic rings. The molecule has 1 aromatic heterocycles. The van der Waals surface area contributed by atoms with E-state index in [0.29, 0.717) is 6.42 Å². The molecule has 1 heterocycles. The molecule has 2 rings (SSSR count). The van der Waals surface area contributed by atoms with E-state index in [1.807, 2.05) is 0 Å². The molecule has 0 bridgehead atoms. The molecular weight excluding hydrogens is 212 g/mol. The maximum Gasteiger partial charge on any atom is 0.0479 e. The third-order valence-corrected chi connectivity index (χ3v) is 2.87. The molecule has 0 unspecified atom stereocenters. The van der Waals surface area contributed by atoms with Crippen molar-refractivity contribution in [1.29, 1.82) is 0 Å². The third kappa shape index (κ3) is 2.38. The summed E-state index contributed by atoms with van der Waals surface area (Å²) in [5, 5.41) is 11.4. The minimum Gasteiger partial charge on any atom is -0.411 e. The molecule has 0 aliphatic heterocycles. The Kier molecular flexibility index (Phi) is 3.28. The fraction of sp³-hybridized carbons (Fsp3) is 0.214. The number of oxime groups is 1. The molecule has 0 radical (unpaired) electrons. The van der Waals surface area contributed by atoms with Crippen LogP contribution in [-0.2, 0) is 6.42 Å². The highest BCUT2D eigenvalue weighted by Gasteiger charge is 2.03. The second-order valence-electron chi connectivity index (χ2n) is 4.12. The van der Waals surface area contributed by atoms with Crippen LogP contribution in [0.25, 0.3) is 5.69 Å². The second-order valence-corrected chi connectivity index (χ2v) is 4.12. The first-order valence-corrected chi connectivity index (χ1v) is 5.62. The van der Waals surface area contributed by atoms with Crippen LogP contribution in [0.15, 0.2) is 41.6 Å². The minimum atomic E-state index is 0.653. The van der Waals surface area contributed by atoms with Gasteiger partial charge in [0.2, 0.25) is 0 Å². The first kappa shape index (κ1) is 11.5. The van der Waals surface area contributed by atoms with Crippen LogP contribution in [0.5, 0.6) is 0 Å². The highest BCUT2D eigenvalue weighted by molar-refractivity contribution is 5.61. The van der Waals surface area contributed by atoms with E-state index < -0.39 is 0 Å². The Morgan fingerprint density at radius 2 is 1.65 bits per heavy atom. The first-order chi connectivity index (χ1) is 8.22. The van der Waals surface area contributed by atoms with Crippen LogP contribution < -0.4 is 0 Å². The third-order valence-electron chi connectivity index (χ3n) is 2.87. The van der Waals surface area contributed by atoms with Gasteiger partial charge >= 0.3 is 0 Å². The molecule has 0 spiro atoms. The monoisotopic (exact) mass is 228 g/mol. The molecule has 17 heavy (non-hydrogen) atoms. The number of benzene rings is 1. The van der Waals surface area contributed by atoms with E-state index in [1.165, 1.54) is 17.6 Å². The van der Waals surface area contributed by atoms with E-state index >= 15 is 0 Å². The summed E-state index contributed by atoms with van der Waals surface area (Å²) in [5.41, 5.74) is 4.75. The van der Waals surface area contributed by atoms with Crippen molar-refractivity contribution in [3.63, 3.8) is 0 Å². The van der Waals surface area contributed by atoms with Crippen molar-refractivity contribution < 1.29 is 5.21 Å². The van der Waals surface area contributed by atoms with Gasteiger partial charge in [-0.3, -0.25) is 0 Å². The van der Waals surface area contributed by atoms with Crippen LogP contribution >= 0.6 is 0 Å². The van der Waals surface area contributed by atoms with Gasteiger partial charge in [0.15, 0.2) is 0 Å². The summed E-state index contributed by atoms with van der Waals surface area (Å²) in [6.45, 7) is 4.19. The lowest BCUT2D eigenvalue weighted by atomic mass is 10.1. The Morgan fingerprint density at radius 3 is 2.18 bits per heavy atom. The van der Waals surface area contributed by atoms with Crippen molar-refractivity contribution in [2.24, 2.45) is 5.16 Å². The van der Waals surface area contributed by atoms with Gasteiger partial charge in [0, 0.05) is 29.7 Å². The average molecular weight is 228 g/mol. The number of aromatic nitrogens is 1. The number of rotatable bonds is 3. The van der Waals surface area contributed by atoms with E-state index in [1.54, 1.807) is 0 Å². The summed E-state index contributed by atoms with van der Waals surface area (Å²) in [7, 11) is 0. The Bertz CT molecular complexity index is 504. The van der Waals surface area contributed by atoms with Crippen LogP contribution in [0.2, 0.25) is 0 Å². The average Bonchev–Trinajstić information content (AvgIpc) is 2.67. The number of nitrogens with zero attached hydrogens (tertiary/aromatic N) is 2. The summed E-state index contributed by atoms with van der Waals surface area (Å²) >= 11 is 0. The van der Waals surface area contributed by atoms with Crippen molar-refractivity contribution in [3.05, 3.63) is 53.3 Å². The Balaban J connectivity index is 2.29. The van der Waals surface area contributed by atoms with E-state index in [-0.39, 0.29) is 0 Å². The first-order valence-electron chi connectivity index (χ1n) is 5.62. The summed E-state index contributed by atoms with van der Waals surface area (Å²) in [6, 6.07) is 12.5. The zero-order valence-corrected chi connectivity index (χ0v) is 10.1. The molecule has 88 valence electrons. The molecule has 2 aromatic rings. The maximum atomic E-state index is 8.37. The van der Waals surface area contributed by atoms with Gasteiger partial charge in [-0.15, -0.1) is 5.16 Å². The summed E-state index contributed by atoms with van der Waals surface area (Å²) in [6.07, 6.45) is 2.14. The Labute approximate surface area is 101 Å². The van der Waals surface area contributed by atoms with Gasteiger partial charge in [-0.1, -0.05) is 12.1 Å². The van der Waals surface area contributed by atoms with Crippen LogP contribution in [0.3, 0.4) is 0 Å². The van der Waals surface area contributed by atoms with E-state index in [2.05, 4.69) is 60.0 Å².